The first kappa shape index (κ1) is 6.16. The fourth-order valence-electron chi connectivity index (χ4n) is 1.94. The van der Waals surface area contributed by atoms with Crippen molar-refractivity contribution < 1.29 is 4.79 Å². The van der Waals surface area contributed by atoms with Crippen LogP contribution < -0.4 is 5.32 Å². The second-order valence-electron chi connectivity index (χ2n) is 3.24. The summed E-state index contributed by atoms with van der Waals surface area (Å²) < 4.78 is 0. The molecule has 1 N–H and O–H groups in total. The minimum absolute atomic E-state index is 0.296. The molecule has 0 radical (unpaired) electrons. The van der Waals surface area contributed by atoms with E-state index in [1.165, 1.54) is 0 Å². The highest BCUT2D eigenvalue weighted by Crippen LogP contribution is 2.25. The van der Waals surface area contributed by atoms with E-state index in [4.69, 9.17) is 0 Å². The van der Waals surface area contributed by atoms with Crippen LogP contribution in [-0.2, 0) is 4.79 Å². The Morgan fingerprint density at radius 3 is 3.10 bits per heavy atom. The molecule has 10 heavy (non-hydrogen) atoms. The number of likely N-dealkylation sites (tertiary alicyclic amines) is 1. The minimum atomic E-state index is 0.296. The molecule has 56 valence electrons. The predicted octanol–water partition coefficient (Wildman–Crippen LogP) is -0.706. The number of carbonyl (C=O) groups excluding carboxylic acids is 1. The van der Waals surface area contributed by atoms with E-state index in [-0.39, 0.29) is 0 Å². The van der Waals surface area contributed by atoms with Gasteiger partial charge in [0.15, 0.2) is 0 Å². The van der Waals surface area contributed by atoms with Crippen molar-refractivity contribution in [3.05, 3.63) is 0 Å². The van der Waals surface area contributed by atoms with Crippen molar-refractivity contribution in [1.29, 1.82) is 0 Å². The number of nitrogens with one attached hydrogen (secondary N) is 1. The van der Waals surface area contributed by atoms with Crippen LogP contribution in [0.5, 0.6) is 0 Å². The Balaban J connectivity index is 2.17. The molecule has 1 amide bonds. The predicted molar refractivity (Wildman–Crippen MR) is 37.5 cm³/mol. The highest BCUT2D eigenvalue weighted by atomic mass is 16.2. The fourth-order valence-corrected chi connectivity index (χ4v) is 1.94. The molecule has 2 heterocycles. The van der Waals surface area contributed by atoms with Crippen molar-refractivity contribution in [3.63, 3.8) is 0 Å². The van der Waals surface area contributed by atoms with Gasteiger partial charge in [0.25, 0.3) is 0 Å². The van der Waals surface area contributed by atoms with Crippen molar-refractivity contribution in [2.75, 3.05) is 26.7 Å². The molecular formula is C7H12N2O. The largest absolute Gasteiger partial charge is 0.345 e. The van der Waals surface area contributed by atoms with Crippen LogP contribution in [0.1, 0.15) is 0 Å². The van der Waals surface area contributed by atoms with E-state index in [2.05, 4.69) is 5.32 Å². The van der Waals surface area contributed by atoms with Crippen LogP contribution in [0.2, 0.25) is 0 Å². The summed E-state index contributed by atoms with van der Waals surface area (Å²) in [4.78, 5) is 13.1. The first-order valence-corrected chi connectivity index (χ1v) is 3.75. The molecule has 0 aromatic carbocycles. The third-order valence-electron chi connectivity index (χ3n) is 2.54. The van der Waals surface area contributed by atoms with E-state index >= 15 is 0 Å². The topological polar surface area (TPSA) is 32.3 Å². The molecule has 0 bridgehead atoms. The molecule has 0 spiro atoms. The lowest BCUT2D eigenvalue weighted by molar-refractivity contribution is -0.129. The number of carbonyl (C=O) groups is 1. The maximum Gasteiger partial charge on any atom is 0.227 e. The molecule has 2 fully saturated rings. The molecule has 2 rings (SSSR count). The van der Waals surface area contributed by atoms with Gasteiger partial charge in [0, 0.05) is 32.6 Å². The minimum Gasteiger partial charge on any atom is -0.345 e. The standard InChI is InChI=1S/C7H12N2O/c1-9-4-5-2-8-3-6(5)7(9)10/h5-6,8H,2-4H2,1H3/t5-,6-/m0/s1. The SMILES string of the molecule is CN1C[C@@H]2CNC[C@@H]2C1=O. The van der Waals surface area contributed by atoms with Crippen molar-refractivity contribution >= 4 is 5.91 Å². The molecule has 2 aliphatic rings. The van der Waals surface area contributed by atoms with E-state index in [0.29, 0.717) is 17.7 Å². The van der Waals surface area contributed by atoms with Gasteiger partial charge in [-0.3, -0.25) is 4.79 Å². The molecule has 0 aromatic heterocycles. The number of nitrogens with zero attached hydrogens (tertiary/aromatic N) is 1. The first-order chi connectivity index (χ1) is 4.79. The first-order valence-electron chi connectivity index (χ1n) is 3.75. The van der Waals surface area contributed by atoms with E-state index < -0.39 is 0 Å². The van der Waals surface area contributed by atoms with Gasteiger partial charge in [-0.2, -0.15) is 0 Å². The Labute approximate surface area is 60.4 Å². The molecule has 2 aliphatic heterocycles. The van der Waals surface area contributed by atoms with Crippen molar-refractivity contribution in [3.8, 4) is 0 Å². The van der Waals surface area contributed by atoms with Crippen LogP contribution in [0.3, 0.4) is 0 Å². The van der Waals surface area contributed by atoms with E-state index in [0.717, 1.165) is 19.6 Å². The number of amides is 1. The van der Waals surface area contributed by atoms with Gasteiger partial charge in [0.1, 0.15) is 0 Å². The smallest absolute Gasteiger partial charge is 0.227 e. The molecule has 3 heteroatoms. The van der Waals surface area contributed by atoms with Gasteiger partial charge in [-0.1, -0.05) is 0 Å². The Kier molecular flexibility index (Phi) is 1.20. The Morgan fingerprint density at radius 2 is 2.40 bits per heavy atom. The van der Waals surface area contributed by atoms with Gasteiger partial charge in [-0.05, 0) is 0 Å². The Hall–Kier alpha value is -0.570. The lowest BCUT2D eigenvalue weighted by Gasteiger charge is -2.08. The van der Waals surface area contributed by atoms with Gasteiger partial charge in [-0.25, -0.2) is 0 Å². The van der Waals surface area contributed by atoms with Crippen LogP contribution in [0, 0.1) is 11.8 Å². The summed E-state index contributed by atoms with van der Waals surface area (Å²) in [5.41, 5.74) is 0. The summed E-state index contributed by atoms with van der Waals surface area (Å²) in [6.45, 7) is 2.88. The molecule has 0 unspecified atom stereocenters. The van der Waals surface area contributed by atoms with Crippen molar-refractivity contribution in [2.45, 2.75) is 0 Å². The van der Waals surface area contributed by atoms with Gasteiger partial charge in [0.2, 0.25) is 5.91 Å². The quantitative estimate of drug-likeness (QED) is 0.482. The third-order valence-corrected chi connectivity index (χ3v) is 2.54. The van der Waals surface area contributed by atoms with Crippen molar-refractivity contribution in [1.82, 2.24) is 10.2 Å². The van der Waals surface area contributed by atoms with Gasteiger partial charge < -0.3 is 10.2 Å². The van der Waals surface area contributed by atoms with Crippen LogP contribution >= 0.6 is 0 Å². The van der Waals surface area contributed by atoms with E-state index in [1.54, 1.807) is 0 Å². The van der Waals surface area contributed by atoms with Crippen LogP contribution in [0.25, 0.3) is 0 Å². The number of hydrogen-bond donors (Lipinski definition) is 1. The summed E-state index contributed by atoms with van der Waals surface area (Å²) in [6.07, 6.45) is 0. The summed E-state index contributed by atoms with van der Waals surface area (Å²) in [5.74, 6) is 1.22. The molecule has 0 aromatic rings. The third kappa shape index (κ3) is 0.669. The van der Waals surface area contributed by atoms with Gasteiger partial charge in [0.05, 0.1) is 5.92 Å². The van der Waals surface area contributed by atoms with Crippen LogP contribution in [0.4, 0.5) is 0 Å². The van der Waals surface area contributed by atoms with E-state index in [1.807, 2.05) is 11.9 Å². The Bertz CT molecular complexity index is 169. The van der Waals surface area contributed by atoms with Crippen LogP contribution in [0.15, 0.2) is 0 Å². The highest BCUT2D eigenvalue weighted by molar-refractivity contribution is 5.81. The van der Waals surface area contributed by atoms with E-state index in [9.17, 15) is 4.79 Å². The van der Waals surface area contributed by atoms with Crippen molar-refractivity contribution in [2.24, 2.45) is 11.8 Å². The monoisotopic (exact) mass is 140 g/mol. The zero-order chi connectivity index (χ0) is 7.14. The zero-order valence-electron chi connectivity index (χ0n) is 6.13. The summed E-state index contributed by atoms with van der Waals surface area (Å²) in [6, 6.07) is 0. The maximum absolute atomic E-state index is 11.3. The number of fused-ring (bicyclic) bond motifs is 1. The summed E-state index contributed by atoms with van der Waals surface area (Å²) in [7, 11) is 1.89. The van der Waals surface area contributed by atoms with Gasteiger partial charge in [-0.15, -0.1) is 0 Å². The molecule has 0 saturated carbocycles. The normalized spacial score (nSPS) is 38.9. The zero-order valence-corrected chi connectivity index (χ0v) is 6.13. The molecule has 3 nitrogen and oxygen atoms in total. The lowest BCUT2D eigenvalue weighted by atomic mass is 10.0. The second kappa shape index (κ2) is 1.95. The Morgan fingerprint density at radius 1 is 1.60 bits per heavy atom. The molecule has 2 atom stereocenters. The fraction of sp³-hybridized carbons (Fsp3) is 0.857. The highest BCUT2D eigenvalue weighted by Gasteiger charge is 2.41. The van der Waals surface area contributed by atoms with Crippen LogP contribution in [-0.4, -0.2) is 37.5 Å². The maximum atomic E-state index is 11.3. The number of hydrogen-bond acceptors (Lipinski definition) is 2. The molecule has 0 aliphatic carbocycles. The number of rotatable bonds is 0. The average molecular weight is 140 g/mol. The lowest BCUT2D eigenvalue weighted by Crippen LogP contribution is -2.27. The second-order valence-corrected chi connectivity index (χ2v) is 3.24. The summed E-state index contributed by atoms with van der Waals surface area (Å²) in [5, 5.41) is 3.23. The van der Waals surface area contributed by atoms with Gasteiger partial charge >= 0.3 is 0 Å². The molecular weight excluding hydrogens is 128 g/mol. The average Bonchev–Trinajstić information content (AvgIpc) is 2.41. The molecule has 2 saturated heterocycles. The summed E-state index contributed by atoms with van der Waals surface area (Å²) >= 11 is 0.